The summed E-state index contributed by atoms with van der Waals surface area (Å²) in [6.45, 7) is 10.9. The normalized spacial score (nSPS) is 12.4. The molecule has 4 aromatic rings. The Kier molecular flexibility index (Phi) is 12.4. The van der Waals surface area contributed by atoms with Crippen LogP contribution in [0.15, 0.2) is 61.1 Å². The number of hydrogen-bond donors (Lipinski definition) is 1. The summed E-state index contributed by atoms with van der Waals surface area (Å²) in [4.78, 5) is 12.7. The average Bonchev–Trinajstić information content (AvgIpc) is 3.02. The summed E-state index contributed by atoms with van der Waals surface area (Å²) in [6, 6.07) is 12.8. The number of phosphoric ester groups is 1. The molecule has 0 amide bonds. The van der Waals surface area contributed by atoms with Gasteiger partial charge in [-0.15, -0.1) is 0 Å². The van der Waals surface area contributed by atoms with Gasteiger partial charge in [0.15, 0.2) is 0 Å². The Morgan fingerprint density at radius 2 is 1.51 bits per heavy atom. The van der Waals surface area contributed by atoms with Crippen molar-refractivity contribution in [3.8, 4) is 17.0 Å². The predicted octanol–water partition coefficient (Wildman–Crippen LogP) is 9.89. The fourth-order valence-corrected chi connectivity index (χ4v) is 5.92. The molecule has 9 nitrogen and oxygen atoms in total. The van der Waals surface area contributed by atoms with Gasteiger partial charge in [-0.25, -0.2) is 14.5 Å². The molecule has 254 valence electrons. The number of halogens is 3. The van der Waals surface area contributed by atoms with E-state index in [1.54, 1.807) is 18.2 Å². The first kappa shape index (κ1) is 36.3. The third-order valence-electron chi connectivity index (χ3n) is 7.16. The molecular formula is C34H42F3N4O5P. The first-order chi connectivity index (χ1) is 22.3. The molecule has 0 fully saturated rings. The Balaban J connectivity index is 1.53. The van der Waals surface area contributed by atoms with Gasteiger partial charge in [-0.2, -0.15) is 13.2 Å². The summed E-state index contributed by atoms with van der Waals surface area (Å²) >= 11 is 0. The maximum Gasteiger partial charge on any atom is 0.474 e. The lowest BCUT2D eigenvalue weighted by Gasteiger charge is -2.24. The molecule has 0 atom stereocenters. The Hall–Kier alpha value is -3.57. The maximum atomic E-state index is 13.6. The van der Waals surface area contributed by atoms with Gasteiger partial charge in [-0.05, 0) is 54.2 Å². The van der Waals surface area contributed by atoms with Gasteiger partial charge >= 0.3 is 14.0 Å². The Morgan fingerprint density at radius 1 is 0.809 bits per heavy atom. The summed E-state index contributed by atoms with van der Waals surface area (Å²) in [6.07, 6.45) is 1.38. The molecule has 2 aromatic heterocycles. The van der Waals surface area contributed by atoms with Crippen LogP contribution in [0.3, 0.4) is 0 Å². The number of ether oxygens (including phenoxy) is 1. The second kappa shape index (κ2) is 16.0. The topological polar surface area (TPSA) is 105 Å². The van der Waals surface area contributed by atoms with Gasteiger partial charge in [0.1, 0.15) is 24.5 Å². The van der Waals surface area contributed by atoms with E-state index in [-0.39, 0.29) is 37.5 Å². The quantitative estimate of drug-likeness (QED) is 0.0918. The van der Waals surface area contributed by atoms with Crippen LogP contribution in [0.1, 0.15) is 71.4 Å². The molecule has 0 aliphatic heterocycles. The molecular weight excluding hydrogens is 632 g/mol. The van der Waals surface area contributed by atoms with Crippen LogP contribution in [0, 0.1) is 0 Å². The standard InChI is InChI=1S/C34H42F3N4O5P/c1-6-8-17-44-47(42,45-18-9-7-2)46-20-19-43-30-22-25(13-15-27(30)33(3,4)5)41-32-26-14-12-24(21-29(26)39-23-40-32)31-28(34(35,36)37)11-10-16-38-31/h10-16,21-23H,6-9,17-20H2,1-5H3,(H,39,40,41). The lowest BCUT2D eigenvalue weighted by molar-refractivity contribution is -0.137. The highest BCUT2D eigenvalue weighted by Crippen LogP contribution is 2.49. The number of phosphoric acid groups is 1. The molecule has 0 spiro atoms. The number of hydrogen-bond acceptors (Lipinski definition) is 9. The zero-order valence-corrected chi connectivity index (χ0v) is 28.3. The summed E-state index contributed by atoms with van der Waals surface area (Å²) in [5.41, 5.74) is 1.10. The molecule has 0 bridgehead atoms. The lowest BCUT2D eigenvalue weighted by Crippen LogP contribution is -2.16. The molecule has 2 aromatic carbocycles. The van der Waals surface area contributed by atoms with Gasteiger partial charge in [0.2, 0.25) is 0 Å². The first-order valence-electron chi connectivity index (χ1n) is 15.7. The van der Waals surface area contributed by atoms with E-state index in [0.717, 1.165) is 37.3 Å². The summed E-state index contributed by atoms with van der Waals surface area (Å²) in [5.74, 6) is 1.06. The van der Waals surface area contributed by atoms with E-state index >= 15 is 0 Å². The zero-order valence-electron chi connectivity index (χ0n) is 27.4. The van der Waals surface area contributed by atoms with Crippen LogP contribution in [-0.2, 0) is 29.7 Å². The highest BCUT2D eigenvalue weighted by atomic mass is 31.2. The highest BCUT2D eigenvalue weighted by Gasteiger charge is 2.34. The zero-order chi connectivity index (χ0) is 34.1. The van der Waals surface area contributed by atoms with Crippen LogP contribution in [-0.4, -0.2) is 41.4 Å². The molecule has 2 heterocycles. The summed E-state index contributed by atoms with van der Waals surface area (Å²) < 4.78 is 76.8. The van der Waals surface area contributed by atoms with E-state index in [0.29, 0.717) is 33.7 Å². The van der Waals surface area contributed by atoms with Gasteiger partial charge < -0.3 is 10.1 Å². The van der Waals surface area contributed by atoms with Crippen molar-refractivity contribution in [1.29, 1.82) is 0 Å². The minimum atomic E-state index is -4.55. The third kappa shape index (κ3) is 9.96. The number of benzene rings is 2. The van der Waals surface area contributed by atoms with Gasteiger partial charge in [0.05, 0.1) is 36.6 Å². The molecule has 0 aliphatic rings. The minimum absolute atomic E-state index is 0.0119. The lowest BCUT2D eigenvalue weighted by atomic mass is 9.86. The largest absolute Gasteiger partial charge is 0.491 e. The number of anilines is 2. The van der Waals surface area contributed by atoms with Crippen LogP contribution in [0.5, 0.6) is 5.75 Å². The molecule has 0 radical (unpaired) electrons. The van der Waals surface area contributed by atoms with E-state index in [2.05, 4.69) is 41.0 Å². The second-order valence-electron chi connectivity index (χ2n) is 11.9. The fraction of sp³-hybridized carbons (Fsp3) is 0.441. The van der Waals surface area contributed by atoms with Crippen molar-refractivity contribution in [2.45, 2.75) is 71.9 Å². The van der Waals surface area contributed by atoms with Crippen molar-refractivity contribution >= 4 is 30.2 Å². The van der Waals surface area contributed by atoms with Crippen molar-refractivity contribution in [3.63, 3.8) is 0 Å². The van der Waals surface area contributed by atoms with E-state index in [1.807, 2.05) is 32.0 Å². The summed E-state index contributed by atoms with van der Waals surface area (Å²) in [5, 5.41) is 3.90. The first-order valence-corrected chi connectivity index (χ1v) is 17.2. The number of fused-ring (bicyclic) bond motifs is 1. The average molecular weight is 675 g/mol. The minimum Gasteiger partial charge on any atom is -0.491 e. The monoisotopic (exact) mass is 674 g/mol. The van der Waals surface area contributed by atoms with Crippen molar-refractivity contribution in [2.75, 3.05) is 31.7 Å². The van der Waals surface area contributed by atoms with Crippen LogP contribution >= 0.6 is 7.82 Å². The van der Waals surface area contributed by atoms with Crippen molar-refractivity contribution in [2.24, 2.45) is 0 Å². The van der Waals surface area contributed by atoms with E-state index < -0.39 is 19.6 Å². The Labute approximate surface area is 273 Å². The molecule has 13 heteroatoms. The van der Waals surface area contributed by atoms with E-state index in [4.69, 9.17) is 18.3 Å². The highest BCUT2D eigenvalue weighted by molar-refractivity contribution is 7.48. The Morgan fingerprint density at radius 3 is 2.17 bits per heavy atom. The fourth-order valence-electron chi connectivity index (χ4n) is 4.70. The van der Waals surface area contributed by atoms with Gasteiger partial charge in [0, 0.05) is 28.9 Å². The number of unbranched alkanes of at least 4 members (excludes halogenated alkanes) is 2. The van der Waals surface area contributed by atoms with Gasteiger partial charge in [-0.1, -0.05) is 59.6 Å². The molecule has 0 aliphatic carbocycles. The Bertz CT molecular complexity index is 1670. The molecule has 47 heavy (non-hydrogen) atoms. The number of aromatic nitrogens is 3. The van der Waals surface area contributed by atoms with Crippen molar-refractivity contribution < 1.29 is 36.0 Å². The smallest absolute Gasteiger partial charge is 0.474 e. The number of rotatable bonds is 16. The molecule has 0 saturated heterocycles. The molecule has 0 unspecified atom stereocenters. The van der Waals surface area contributed by atoms with Crippen molar-refractivity contribution in [1.82, 2.24) is 15.0 Å². The second-order valence-corrected chi connectivity index (χ2v) is 13.6. The molecule has 0 saturated carbocycles. The number of nitrogens with zero attached hydrogens (tertiary/aromatic N) is 3. The summed E-state index contributed by atoms with van der Waals surface area (Å²) in [7, 11) is -3.72. The van der Waals surface area contributed by atoms with E-state index in [1.165, 1.54) is 18.6 Å². The van der Waals surface area contributed by atoms with E-state index in [9.17, 15) is 17.7 Å². The predicted molar refractivity (Wildman–Crippen MR) is 177 cm³/mol. The molecule has 4 rings (SSSR count). The molecule has 1 N–H and O–H groups in total. The van der Waals surface area contributed by atoms with Crippen LogP contribution in [0.4, 0.5) is 24.7 Å². The third-order valence-corrected chi connectivity index (χ3v) is 8.66. The van der Waals surface area contributed by atoms with Crippen LogP contribution in [0.2, 0.25) is 0 Å². The number of pyridine rings is 1. The number of nitrogens with one attached hydrogen (secondary N) is 1. The van der Waals surface area contributed by atoms with Gasteiger partial charge in [0.25, 0.3) is 0 Å². The van der Waals surface area contributed by atoms with Crippen molar-refractivity contribution in [3.05, 3.63) is 72.2 Å². The number of alkyl halides is 3. The van der Waals surface area contributed by atoms with Gasteiger partial charge in [-0.3, -0.25) is 18.6 Å². The van der Waals surface area contributed by atoms with Crippen LogP contribution in [0.25, 0.3) is 22.2 Å². The SMILES string of the molecule is CCCCOP(=O)(OCCCC)OCCOc1cc(Nc2ncnc3cc(-c4ncccc4C(F)(F)F)ccc23)ccc1C(C)(C)C. The van der Waals surface area contributed by atoms with Crippen LogP contribution < -0.4 is 10.1 Å². The maximum absolute atomic E-state index is 13.6.